The first kappa shape index (κ1) is 24.8. The second kappa shape index (κ2) is 9.20. The van der Waals surface area contributed by atoms with Crippen LogP contribution < -0.4 is 0 Å². The van der Waals surface area contributed by atoms with Crippen molar-refractivity contribution >= 4 is 23.8 Å². The van der Waals surface area contributed by atoms with Gasteiger partial charge in [0.1, 0.15) is 11.5 Å². The molecule has 0 atom stereocenters. The maximum atomic E-state index is 13.0. The van der Waals surface area contributed by atoms with Crippen molar-refractivity contribution < 1.29 is 36.6 Å². The van der Waals surface area contributed by atoms with E-state index in [1.807, 2.05) is 0 Å². The van der Waals surface area contributed by atoms with E-state index in [9.17, 15) is 36.6 Å². The Hall–Kier alpha value is -3.82. The van der Waals surface area contributed by atoms with Gasteiger partial charge < -0.3 is 10.2 Å². The molecule has 0 bridgehead atoms. The first-order chi connectivity index (χ1) is 15.8. The molecule has 34 heavy (non-hydrogen) atoms. The van der Waals surface area contributed by atoms with Gasteiger partial charge in [-0.15, -0.1) is 0 Å². The molecule has 4 nitrogen and oxygen atoms in total. The lowest BCUT2D eigenvalue weighted by atomic mass is 10.0. The van der Waals surface area contributed by atoms with Crippen LogP contribution in [0.4, 0.5) is 37.7 Å². The Kier molecular flexibility index (Phi) is 6.72. The lowest BCUT2D eigenvalue weighted by molar-refractivity contribution is -0.138. The van der Waals surface area contributed by atoms with E-state index < -0.39 is 23.5 Å². The van der Waals surface area contributed by atoms with Crippen LogP contribution in [0.25, 0.3) is 0 Å². The third kappa shape index (κ3) is 5.75. The minimum atomic E-state index is -4.58. The number of alkyl halides is 6. The van der Waals surface area contributed by atoms with Crippen molar-refractivity contribution in [2.45, 2.75) is 26.2 Å². The van der Waals surface area contributed by atoms with E-state index in [1.54, 1.807) is 0 Å². The molecule has 178 valence electrons. The van der Waals surface area contributed by atoms with Gasteiger partial charge in [0.15, 0.2) is 0 Å². The summed E-state index contributed by atoms with van der Waals surface area (Å²) in [5.74, 6) is -0.650. The lowest BCUT2D eigenvalue weighted by Gasteiger charge is -2.11. The molecule has 0 radical (unpaired) electrons. The Balaban J connectivity index is 1.82. The normalized spacial score (nSPS) is 12.7. The Morgan fingerprint density at radius 3 is 1.24 bits per heavy atom. The average Bonchev–Trinajstić information content (AvgIpc) is 2.74. The number of phenolic OH excluding ortho intramolecular Hbond substituents is 2. The molecule has 0 amide bonds. The quantitative estimate of drug-likeness (QED) is 0.305. The number of benzene rings is 3. The largest absolute Gasteiger partial charge is 0.507 e. The zero-order valence-corrected chi connectivity index (χ0v) is 17.8. The third-order valence-corrected chi connectivity index (χ3v) is 4.87. The first-order valence-corrected chi connectivity index (χ1v) is 9.75. The van der Waals surface area contributed by atoms with Crippen molar-refractivity contribution in [3.8, 4) is 11.5 Å². The highest BCUT2D eigenvalue weighted by molar-refractivity contribution is 5.87. The van der Waals surface area contributed by atoms with Crippen LogP contribution in [0, 0.1) is 13.8 Å². The van der Waals surface area contributed by atoms with Crippen LogP contribution in [0.1, 0.15) is 33.4 Å². The molecule has 0 unspecified atom stereocenters. The summed E-state index contributed by atoms with van der Waals surface area (Å²) in [7, 11) is 0. The zero-order chi connectivity index (χ0) is 25.3. The SMILES string of the molecule is Cc1cc(C(F)(F)F)cc(C=Nc2ccc(N=Cc3cc(C(F)(F)F)cc(C)c3O)cc2)c1O. The van der Waals surface area contributed by atoms with Crippen molar-refractivity contribution in [3.05, 3.63) is 81.9 Å². The topological polar surface area (TPSA) is 65.2 Å². The molecule has 3 aromatic carbocycles. The fourth-order valence-electron chi connectivity index (χ4n) is 3.05. The highest BCUT2D eigenvalue weighted by atomic mass is 19.4. The monoisotopic (exact) mass is 480 g/mol. The van der Waals surface area contributed by atoms with Gasteiger partial charge in [-0.2, -0.15) is 26.3 Å². The van der Waals surface area contributed by atoms with Gasteiger partial charge in [0.25, 0.3) is 0 Å². The third-order valence-electron chi connectivity index (χ3n) is 4.87. The van der Waals surface area contributed by atoms with Crippen molar-refractivity contribution in [2.24, 2.45) is 9.98 Å². The average molecular weight is 480 g/mol. The summed E-state index contributed by atoms with van der Waals surface area (Å²) >= 11 is 0. The van der Waals surface area contributed by atoms with Crippen LogP contribution in [0.2, 0.25) is 0 Å². The molecule has 0 aliphatic rings. The van der Waals surface area contributed by atoms with E-state index in [1.165, 1.54) is 38.1 Å². The first-order valence-electron chi connectivity index (χ1n) is 9.75. The maximum absolute atomic E-state index is 13.0. The van der Waals surface area contributed by atoms with Crippen LogP contribution in [-0.4, -0.2) is 22.6 Å². The molecule has 0 fully saturated rings. The Morgan fingerprint density at radius 1 is 0.618 bits per heavy atom. The van der Waals surface area contributed by atoms with E-state index in [2.05, 4.69) is 9.98 Å². The molecule has 0 spiro atoms. The summed E-state index contributed by atoms with van der Waals surface area (Å²) in [6, 6.07) is 9.18. The summed E-state index contributed by atoms with van der Waals surface area (Å²) in [5, 5.41) is 20.1. The van der Waals surface area contributed by atoms with Crippen LogP contribution in [0.5, 0.6) is 11.5 Å². The molecule has 0 aromatic heterocycles. The fourth-order valence-corrected chi connectivity index (χ4v) is 3.05. The molecule has 0 saturated carbocycles. The molecular weight excluding hydrogens is 462 g/mol. The molecular formula is C24H18F6N2O2. The highest BCUT2D eigenvalue weighted by Gasteiger charge is 2.32. The number of hydrogen-bond acceptors (Lipinski definition) is 4. The molecule has 0 aliphatic carbocycles. The van der Waals surface area contributed by atoms with Crippen LogP contribution >= 0.6 is 0 Å². The van der Waals surface area contributed by atoms with Gasteiger partial charge in [-0.25, -0.2) is 0 Å². The molecule has 0 aliphatic heterocycles. The second-order valence-corrected chi connectivity index (χ2v) is 7.49. The van der Waals surface area contributed by atoms with Crippen LogP contribution in [0.15, 0.2) is 58.5 Å². The fraction of sp³-hybridized carbons (Fsp3) is 0.167. The Bertz CT molecular complexity index is 1160. The summed E-state index contributed by atoms with van der Waals surface area (Å²) in [4.78, 5) is 8.11. The van der Waals surface area contributed by atoms with Gasteiger partial charge in [0.2, 0.25) is 0 Å². The van der Waals surface area contributed by atoms with Gasteiger partial charge >= 0.3 is 12.4 Å². The number of aryl methyl sites for hydroxylation is 2. The summed E-state index contributed by atoms with van der Waals surface area (Å²) in [6.07, 6.45) is -6.96. The van der Waals surface area contributed by atoms with Crippen molar-refractivity contribution in [1.82, 2.24) is 0 Å². The molecule has 10 heteroatoms. The highest BCUT2D eigenvalue weighted by Crippen LogP contribution is 2.35. The molecule has 2 N–H and O–H groups in total. The van der Waals surface area contributed by atoms with Gasteiger partial charge in [-0.05, 0) is 73.5 Å². The Morgan fingerprint density at radius 2 is 0.941 bits per heavy atom. The van der Waals surface area contributed by atoms with Crippen molar-refractivity contribution in [2.75, 3.05) is 0 Å². The predicted octanol–water partition coefficient (Wildman–Crippen LogP) is 7.25. The van der Waals surface area contributed by atoms with E-state index in [0.717, 1.165) is 36.7 Å². The van der Waals surface area contributed by atoms with Gasteiger partial charge in [-0.1, -0.05) is 0 Å². The van der Waals surface area contributed by atoms with E-state index >= 15 is 0 Å². The van der Waals surface area contributed by atoms with Crippen molar-refractivity contribution in [3.63, 3.8) is 0 Å². The van der Waals surface area contributed by atoms with Crippen molar-refractivity contribution in [1.29, 1.82) is 0 Å². The Labute approximate surface area is 190 Å². The van der Waals surface area contributed by atoms with Gasteiger partial charge in [-0.3, -0.25) is 9.98 Å². The zero-order valence-electron chi connectivity index (χ0n) is 17.8. The number of halogens is 6. The summed E-state index contributed by atoms with van der Waals surface area (Å²) < 4.78 is 78.0. The second-order valence-electron chi connectivity index (χ2n) is 7.49. The van der Waals surface area contributed by atoms with Crippen LogP contribution in [0.3, 0.4) is 0 Å². The smallest absolute Gasteiger partial charge is 0.416 e. The minimum Gasteiger partial charge on any atom is -0.507 e. The standard InChI is InChI=1S/C24H18F6N2O2/c1-13-7-17(23(25,26)27)9-15(21(13)33)11-31-19-3-5-20(6-4-19)32-12-16-10-18(24(28,29)30)8-14(2)22(16)34/h3-12,33-34H,1-2H3. The van der Waals surface area contributed by atoms with Crippen LogP contribution in [-0.2, 0) is 12.4 Å². The molecule has 3 rings (SSSR count). The number of aliphatic imine (C=N–C) groups is 2. The molecule has 0 heterocycles. The number of nitrogens with zero attached hydrogens (tertiary/aromatic N) is 2. The lowest BCUT2D eigenvalue weighted by Crippen LogP contribution is -2.06. The summed E-state index contributed by atoms with van der Waals surface area (Å²) in [5.41, 5.74) is -1.26. The maximum Gasteiger partial charge on any atom is 0.416 e. The minimum absolute atomic E-state index is 0.0500. The van der Waals surface area contributed by atoms with E-state index in [4.69, 9.17) is 0 Å². The summed E-state index contributed by atoms with van der Waals surface area (Å²) in [6.45, 7) is 2.69. The van der Waals surface area contributed by atoms with Gasteiger partial charge in [0, 0.05) is 23.6 Å². The molecule has 3 aromatic rings. The van der Waals surface area contributed by atoms with Gasteiger partial charge in [0.05, 0.1) is 22.5 Å². The predicted molar refractivity (Wildman–Crippen MR) is 117 cm³/mol. The van der Waals surface area contributed by atoms with E-state index in [0.29, 0.717) is 11.4 Å². The molecule has 0 saturated heterocycles. The number of rotatable bonds is 4. The van der Waals surface area contributed by atoms with E-state index in [-0.39, 0.29) is 33.8 Å². The number of phenols is 2. The number of aromatic hydroxyl groups is 2. The number of hydrogen-bond donors (Lipinski definition) is 2.